The number of fused-ring (bicyclic) bond motifs is 1. The van der Waals surface area contributed by atoms with Crippen molar-refractivity contribution < 1.29 is 0 Å². The second kappa shape index (κ2) is 5.41. The van der Waals surface area contributed by atoms with Crippen molar-refractivity contribution >= 4 is 27.0 Å². The SMILES string of the molecule is CC(C)Cn1c(-c2ccccc2Br)nc2ccccc21. The summed E-state index contributed by atoms with van der Waals surface area (Å²) in [6, 6.07) is 16.6. The van der Waals surface area contributed by atoms with Gasteiger partial charge in [0.1, 0.15) is 5.82 Å². The van der Waals surface area contributed by atoms with Crippen molar-refractivity contribution in [3.63, 3.8) is 0 Å². The highest BCUT2D eigenvalue weighted by Gasteiger charge is 2.14. The molecule has 0 aliphatic rings. The van der Waals surface area contributed by atoms with Gasteiger partial charge < -0.3 is 4.57 Å². The van der Waals surface area contributed by atoms with Gasteiger partial charge in [-0.3, -0.25) is 0 Å². The Hall–Kier alpha value is -1.61. The zero-order valence-corrected chi connectivity index (χ0v) is 13.3. The van der Waals surface area contributed by atoms with Crippen LogP contribution in [0.2, 0.25) is 0 Å². The molecule has 3 rings (SSSR count). The highest BCUT2D eigenvalue weighted by molar-refractivity contribution is 9.10. The van der Waals surface area contributed by atoms with Gasteiger partial charge in [-0.2, -0.15) is 0 Å². The fourth-order valence-electron chi connectivity index (χ4n) is 2.47. The number of imidazole rings is 1. The molecule has 2 nitrogen and oxygen atoms in total. The normalized spacial score (nSPS) is 11.4. The molecule has 0 radical (unpaired) electrons. The third-order valence-corrected chi connectivity index (χ3v) is 4.01. The number of rotatable bonds is 3. The van der Waals surface area contributed by atoms with E-state index >= 15 is 0 Å². The van der Waals surface area contributed by atoms with Crippen LogP contribution in [0.3, 0.4) is 0 Å². The van der Waals surface area contributed by atoms with Crippen molar-refractivity contribution in [2.75, 3.05) is 0 Å². The second-order valence-corrected chi connectivity index (χ2v) is 6.26. The molecule has 0 spiro atoms. The first-order valence-corrected chi connectivity index (χ1v) is 7.66. The summed E-state index contributed by atoms with van der Waals surface area (Å²) in [6.07, 6.45) is 0. The van der Waals surface area contributed by atoms with Crippen LogP contribution < -0.4 is 0 Å². The predicted octanol–water partition coefficient (Wildman–Crippen LogP) is 5.12. The zero-order chi connectivity index (χ0) is 14.1. The van der Waals surface area contributed by atoms with Gasteiger partial charge in [0.2, 0.25) is 0 Å². The maximum absolute atomic E-state index is 4.83. The van der Waals surface area contributed by atoms with E-state index in [-0.39, 0.29) is 0 Å². The van der Waals surface area contributed by atoms with Gasteiger partial charge in [-0.1, -0.05) is 60.1 Å². The van der Waals surface area contributed by atoms with E-state index < -0.39 is 0 Å². The molecule has 0 atom stereocenters. The molecule has 1 heterocycles. The summed E-state index contributed by atoms with van der Waals surface area (Å²) in [4.78, 5) is 4.83. The van der Waals surface area contributed by atoms with Crippen LogP contribution in [0.1, 0.15) is 13.8 Å². The van der Waals surface area contributed by atoms with Crippen LogP contribution in [0.5, 0.6) is 0 Å². The number of aromatic nitrogens is 2. The Morgan fingerprint density at radius 1 is 1.05 bits per heavy atom. The highest BCUT2D eigenvalue weighted by atomic mass is 79.9. The van der Waals surface area contributed by atoms with Gasteiger partial charge in [-0.25, -0.2) is 4.98 Å². The lowest BCUT2D eigenvalue weighted by Crippen LogP contribution is -2.06. The maximum Gasteiger partial charge on any atom is 0.142 e. The van der Waals surface area contributed by atoms with Gasteiger partial charge in [0.15, 0.2) is 0 Å². The van der Waals surface area contributed by atoms with Crippen LogP contribution in [0.4, 0.5) is 0 Å². The third kappa shape index (κ3) is 2.38. The quantitative estimate of drug-likeness (QED) is 0.652. The lowest BCUT2D eigenvalue weighted by Gasteiger charge is -2.12. The average molecular weight is 329 g/mol. The van der Waals surface area contributed by atoms with Crippen LogP contribution in [0.15, 0.2) is 53.0 Å². The van der Waals surface area contributed by atoms with Crippen LogP contribution in [-0.2, 0) is 6.54 Å². The second-order valence-electron chi connectivity index (χ2n) is 5.41. The summed E-state index contributed by atoms with van der Waals surface area (Å²) < 4.78 is 3.40. The van der Waals surface area contributed by atoms with Gasteiger partial charge in [0.05, 0.1) is 11.0 Å². The molecule has 0 fully saturated rings. The lowest BCUT2D eigenvalue weighted by molar-refractivity contribution is 0.536. The van der Waals surface area contributed by atoms with E-state index in [1.165, 1.54) is 5.52 Å². The monoisotopic (exact) mass is 328 g/mol. The van der Waals surface area contributed by atoms with E-state index in [9.17, 15) is 0 Å². The molecule has 3 heteroatoms. The first kappa shape index (κ1) is 13.4. The summed E-state index contributed by atoms with van der Waals surface area (Å²) in [7, 11) is 0. The molecule has 0 saturated carbocycles. The standard InChI is InChI=1S/C17H17BrN2/c1-12(2)11-20-16-10-6-5-9-15(16)19-17(20)13-7-3-4-8-14(13)18/h3-10,12H,11H2,1-2H3. The molecule has 0 unspecified atom stereocenters. The molecule has 0 saturated heterocycles. The van der Waals surface area contributed by atoms with Crippen molar-refractivity contribution in [2.45, 2.75) is 20.4 Å². The summed E-state index contributed by atoms with van der Waals surface area (Å²) in [6.45, 7) is 5.44. The minimum Gasteiger partial charge on any atom is -0.324 e. The minimum absolute atomic E-state index is 0.578. The maximum atomic E-state index is 4.83. The molecule has 0 N–H and O–H groups in total. The fraction of sp³-hybridized carbons (Fsp3) is 0.235. The van der Waals surface area contributed by atoms with Crippen molar-refractivity contribution in [1.82, 2.24) is 9.55 Å². The van der Waals surface area contributed by atoms with Crippen molar-refractivity contribution in [3.05, 3.63) is 53.0 Å². The molecule has 0 bridgehead atoms. The molecule has 0 aliphatic carbocycles. The first-order valence-electron chi connectivity index (χ1n) is 6.87. The topological polar surface area (TPSA) is 17.8 Å². The number of hydrogen-bond donors (Lipinski definition) is 0. The van der Waals surface area contributed by atoms with E-state index in [0.29, 0.717) is 5.92 Å². The summed E-state index contributed by atoms with van der Waals surface area (Å²) in [5.74, 6) is 1.61. The van der Waals surface area contributed by atoms with Gasteiger partial charge in [0.25, 0.3) is 0 Å². The van der Waals surface area contributed by atoms with E-state index in [4.69, 9.17) is 4.98 Å². The number of halogens is 1. The van der Waals surface area contributed by atoms with Crippen LogP contribution in [-0.4, -0.2) is 9.55 Å². The summed E-state index contributed by atoms with van der Waals surface area (Å²) in [5.41, 5.74) is 3.40. The van der Waals surface area contributed by atoms with E-state index in [2.05, 4.69) is 70.7 Å². The molecule has 0 amide bonds. The Kier molecular flexibility index (Phi) is 3.62. The van der Waals surface area contributed by atoms with Crippen LogP contribution >= 0.6 is 15.9 Å². The average Bonchev–Trinajstić information content (AvgIpc) is 2.78. The largest absolute Gasteiger partial charge is 0.324 e. The number of para-hydroxylation sites is 2. The Balaban J connectivity index is 2.26. The van der Waals surface area contributed by atoms with Gasteiger partial charge in [-0.05, 0) is 24.1 Å². The van der Waals surface area contributed by atoms with Crippen LogP contribution in [0.25, 0.3) is 22.4 Å². The summed E-state index contributed by atoms with van der Waals surface area (Å²) in [5, 5.41) is 0. The molecule has 3 aromatic rings. The highest BCUT2D eigenvalue weighted by Crippen LogP contribution is 2.30. The van der Waals surface area contributed by atoms with Crippen molar-refractivity contribution in [3.8, 4) is 11.4 Å². The smallest absolute Gasteiger partial charge is 0.142 e. The molecular weight excluding hydrogens is 312 g/mol. The summed E-state index contributed by atoms with van der Waals surface area (Å²) >= 11 is 3.64. The van der Waals surface area contributed by atoms with E-state index in [0.717, 1.165) is 27.9 Å². The van der Waals surface area contributed by atoms with E-state index in [1.807, 2.05) is 12.1 Å². The van der Waals surface area contributed by atoms with Crippen molar-refractivity contribution in [2.24, 2.45) is 5.92 Å². The number of hydrogen-bond acceptors (Lipinski definition) is 1. The predicted molar refractivity (Wildman–Crippen MR) is 87.7 cm³/mol. The van der Waals surface area contributed by atoms with Crippen molar-refractivity contribution in [1.29, 1.82) is 0 Å². The molecule has 1 aromatic heterocycles. The Labute approximate surface area is 127 Å². The fourth-order valence-corrected chi connectivity index (χ4v) is 2.94. The molecule has 20 heavy (non-hydrogen) atoms. The zero-order valence-electron chi connectivity index (χ0n) is 11.7. The molecule has 0 aliphatic heterocycles. The molecular formula is C17H17BrN2. The van der Waals surface area contributed by atoms with Gasteiger partial charge in [0, 0.05) is 16.6 Å². The van der Waals surface area contributed by atoms with Crippen LogP contribution in [0, 0.1) is 5.92 Å². The third-order valence-electron chi connectivity index (χ3n) is 3.32. The van der Waals surface area contributed by atoms with Gasteiger partial charge in [-0.15, -0.1) is 0 Å². The molecule has 102 valence electrons. The minimum atomic E-state index is 0.578. The Bertz CT molecular complexity index is 744. The van der Waals surface area contributed by atoms with Gasteiger partial charge >= 0.3 is 0 Å². The molecule has 2 aromatic carbocycles. The Morgan fingerprint density at radius 2 is 1.75 bits per heavy atom. The lowest BCUT2D eigenvalue weighted by atomic mass is 10.2. The Morgan fingerprint density at radius 3 is 2.50 bits per heavy atom. The number of benzene rings is 2. The number of nitrogens with zero attached hydrogens (tertiary/aromatic N) is 2. The van der Waals surface area contributed by atoms with E-state index in [1.54, 1.807) is 0 Å². The first-order chi connectivity index (χ1) is 9.66.